The van der Waals surface area contributed by atoms with Gasteiger partial charge < -0.3 is 10.1 Å². The molecular formula is C11H20BrNO2. The van der Waals surface area contributed by atoms with E-state index in [0.29, 0.717) is 0 Å². The molecule has 15 heavy (non-hydrogen) atoms. The molecule has 0 radical (unpaired) electrons. The minimum Gasteiger partial charge on any atom is -0.444 e. The number of carbonyl (C=O) groups is 1. The first-order valence-electron chi connectivity index (χ1n) is 5.34. The van der Waals surface area contributed by atoms with Gasteiger partial charge >= 0.3 is 6.09 Å². The van der Waals surface area contributed by atoms with Gasteiger partial charge in [0.25, 0.3) is 0 Å². The van der Waals surface area contributed by atoms with Crippen molar-refractivity contribution in [3.05, 3.63) is 0 Å². The largest absolute Gasteiger partial charge is 0.444 e. The zero-order chi connectivity index (χ0) is 11.7. The summed E-state index contributed by atoms with van der Waals surface area (Å²) in [6, 6.07) is 0.173. The first-order valence-corrected chi connectivity index (χ1v) is 6.47. The number of alkyl carbamates (subject to hydrolysis) is 1. The van der Waals surface area contributed by atoms with Crippen molar-refractivity contribution in [3.8, 4) is 0 Å². The Hall–Kier alpha value is -0.250. The van der Waals surface area contributed by atoms with Crippen LogP contribution in [-0.4, -0.2) is 23.1 Å². The Kier molecular flexibility index (Phi) is 3.69. The van der Waals surface area contributed by atoms with Crippen LogP contribution >= 0.6 is 15.9 Å². The number of amides is 1. The monoisotopic (exact) mass is 277 g/mol. The molecule has 88 valence electrons. The lowest BCUT2D eigenvalue weighted by Crippen LogP contribution is -2.42. The van der Waals surface area contributed by atoms with Crippen LogP contribution < -0.4 is 5.32 Å². The average molecular weight is 278 g/mol. The number of halogens is 1. The van der Waals surface area contributed by atoms with E-state index in [1.54, 1.807) is 0 Å². The van der Waals surface area contributed by atoms with Gasteiger partial charge in [0.05, 0.1) is 0 Å². The first-order chi connectivity index (χ1) is 6.79. The number of hydrogen-bond donors (Lipinski definition) is 1. The lowest BCUT2D eigenvalue weighted by molar-refractivity contribution is 0.0490. The summed E-state index contributed by atoms with van der Waals surface area (Å²) in [5, 5.41) is 3.84. The fraction of sp³-hybridized carbons (Fsp3) is 0.909. The molecule has 0 aromatic heterocycles. The zero-order valence-corrected chi connectivity index (χ0v) is 11.5. The SMILES string of the molecule is CC(NC(=O)OC(C)(C)C)C1(CBr)CC1. The summed E-state index contributed by atoms with van der Waals surface area (Å²) in [7, 11) is 0. The molecule has 1 atom stereocenters. The number of alkyl halides is 1. The maximum absolute atomic E-state index is 11.5. The lowest BCUT2D eigenvalue weighted by Gasteiger charge is -2.25. The van der Waals surface area contributed by atoms with Crippen molar-refractivity contribution in [2.45, 2.75) is 52.2 Å². The van der Waals surface area contributed by atoms with Crippen LogP contribution in [0.25, 0.3) is 0 Å². The third-order valence-electron chi connectivity index (χ3n) is 2.81. The second kappa shape index (κ2) is 4.32. The number of hydrogen-bond acceptors (Lipinski definition) is 2. The van der Waals surface area contributed by atoms with Crippen LogP contribution in [0, 0.1) is 5.41 Å². The Morgan fingerprint density at radius 3 is 2.40 bits per heavy atom. The summed E-state index contributed by atoms with van der Waals surface area (Å²) < 4.78 is 5.21. The van der Waals surface area contributed by atoms with Crippen LogP contribution in [0.3, 0.4) is 0 Å². The molecule has 3 nitrogen and oxygen atoms in total. The predicted octanol–water partition coefficient (Wildman–Crippen LogP) is 3.07. The van der Waals surface area contributed by atoms with Crippen molar-refractivity contribution < 1.29 is 9.53 Å². The fourth-order valence-electron chi connectivity index (χ4n) is 1.48. The molecule has 1 saturated carbocycles. The first kappa shape index (κ1) is 12.8. The maximum atomic E-state index is 11.5. The summed E-state index contributed by atoms with van der Waals surface area (Å²) in [6.45, 7) is 7.65. The van der Waals surface area contributed by atoms with Crippen LogP contribution in [0.2, 0.25) is 0 Å². The predicted molar refractivity (Wildman–Crippen MR) is 64.3 cm³/mol. The van der Waals surface area contributed by atoms with Gasteiger partial charge in [-0.3, -0.25) is 0 Å². The van der Waals surface area contributed by atoms with E-state index in [4.69, 9.17) is 4.74 Å². The highest BCUT2D eigenvalue weighted by molar-refractivity contribution is 9.09. The zero-order valence-electron chi connectivity index (χ0n) is 9.89. The van der Waals surface area contributed by atoms with Crippen LogP contribution in [0.15, 0.2) is 0 Å². The second-order valence-electron chi connectivity index (χ2n) is 5.36. The van der Waals surface area contributed by atoms with Crippen LogP contribution in [0.4, 0.5) is 4.79 Å². The molecule has 1 fully saturated rings. The van der Waals surface area contributed by atoms with Gasteiger partial charge in [0.1, 0.15) is 5.60 Å². The Bertz CT molecular complexity index is 243. The Morgan fingerprint density at radius 1 is 1.53 bits per heavy atom. The number of rotatable bonds is 3. The number of carbonyl (C=O) groups excluding carboxylic acids is 1. The van der Waals surface area contributed by atoms with Gasteiger partial charge in [0, 0.05) is 16.8 Å². The van der Waals surface area contributed by atoms with E-state index >= 15 is 0 Å². The molecule has 0 heterocycles. The molecule has 0 saturated heterocycles. The molecule has 1 aliphatic rings. The van der Waals surface area contributed by atoms with Crippen molar-refractivity contribution in [1.29, 1.82) is 0 Å². The van der Waals surface area contributed by atoms with E-state index < -0.39 is 5.60 Å². The van der Waals surface area contributed by atoms with Crippen LogP contribution in [-0.2, 0) is 4.74 Å². The highest BCUT2D eigenvalue weighted by atomic mass is 79.9. The topological polar surface area (TPSA) is 38.3 Å². The van der Waals surface area contributed by atoms with Crippen molar-refractivity contribution in [2.24, 2.45) is 5.41 Å². The summed E-state index contributed by atoms with van der Waals surface area (Å²) in [4.78, 5) is 11.5. The molecule has 1 unspecified atom stereocenters. The molecule has 1 aliphatic carbocycles. The second-order valence-corrected chi connectivity index (χ2v) is 5.92. The van der Waals surface area contributed by atoms with E-state index in [9.17, 15) is 4.79 Å². The third-order valence-corrected chi connectivity index (χ3v) is 3.93. The highest BCUT2D eigenvalue weighted by Crippen LogP contribution is 2.49. The molecule has 4 heteroatoms. The molecule has 0 aromatic carbocycles. The minimum atomic E-state index is -0.422. The van der Waals surface area contributed by atoms with E-state index in [1.165, 1.54) is 12.8 Å². The fourth-order valence-corrected chi connectivity index (χ4v) is 2.53. The van der Waals surface area contributed by atoms with E-state index in [2.05, 4.69) is 21.2 Å². The molecule has 0 bridgehead atoms. The van der Waals surface area contributed by atoms with Crippen molar-refractivity contribution in [3.63, 3.8) is 0 Å². The highest BCUT2D eigenvalue weighted by Gasteiger charge is 2.47. The summed E-state index contributed by atoms with van der Waals surface area (Å²) in [6.07, 6.45) is 2.03. The summed E-state index contributed by atoms with van der Waals surface area (Å²) in [5.74, 6) is 0. The van der Waals surface area contributed by atoms with Gasteiger partial charge in [0.15, 0.2) is 0 Å². The molecule has 1 amide bonds. The van der Waals surface area contributed by atoms with Gasteiger partial charge in [-0.2, -0.15) is 0 Å². The Morgan fingerprint density at radius 2 is 2.07 bits per heavy atom. The van der Waals surface area contributed by atoms with Gasteiger partial charge in [0.2, 0.25) is 0 Å². The molecule has 1 N–H and O–H groups in total. The maximum Gasteiger partial charge on any atom is 0.407 e. The van der Waals surface area contributed by atoms with Gasteiger partial charge in [-0.15, -0.1) is 0 Å². The van der Waals surface area contributed by atoms with Crippen molar-refractivity contribution in [1.82, 2.24) is 5.32 Å². The lowest BCUT2D eigenvalue weighted by atomic mass is 10.0. The third kappa shape index (κ3) is 3.67. The van der Waals surface area contributed by atoms with Crippen LogP contribution in [0.1, 0.15) is 40.5 Å². The molecule has 0 spiro atoms. The Labute approximate surface area is 100 Å². The normalized spacial score (nSPS) is 20.6. The quantitative estimate of drug-likeness (QED) is 0.806. The number of nitrogens with one attached hydrogen (secondary N) is 1. The summed E-state index contributed by atoms with van der Waals surface area (Å²) >= 11 is 3.49. The van der Waals surface area contributed by atoms with Crippen LogP contribution in [0.5, 0.6) is 0 Å². The summed E-state index contributed by atoms with van der Waals surface area (Å²) in [5.41, 5.74) is -0.161. The average Bonchev–Trinajstić information content (AvgIpc) is 2.79. The van der Waals surface area contributed by atoms with E-state index in [-0.39, 0.29) is 17.6 Å². The number of ether oxygens (including phenoxy) is 1. The van der Waals surface area contributed by atoms with Gasteiger partial charge in [-0.25, -0.2) is 4.79 Å². The van der Waals surface area contributed by atoms with Gasteiger partial charge in [-0.1, -0.05) is 15.9 Å². The minimum absolute atomic E-state index is 0.173. The van der Waals surface area contributed by atoms with E-state index in [0.717, 1.165) is 5.33 Å². The molecule has 0 aromatic rings. The molecular weight excluding hydrogens is 258 g/mol. The Balaban J connectivity index is 2.39. The van der Waals surface area contributed by atoms with Crippen molar-refractivity contribution >= 4 is 22.0 Å². The molecule has 1 rings (SSSR count). The van der Waals surface area contributed by atoms with Crippen molar-refractivity contribution in [2.75, 3.05) is 5.33 Å². The smallest absolute Gasteiger partial charge is 0.407 e. The van der Waals surface area contributed by atoms with E-state index in [1.807, 2.05) is 27.7 Å². The standard InChI is InChI=1S/C11H20BrNO2/c1-8(11(7-12)5-6-11)13-9(14)15-10(2,3)4/h8H,5-7H2,1-4H3,(H,13,14). The van der Waals surface area contributed by atoms with Gasteiger partial charge in [-0.05, 0) is 40.5 Å². The molecule has 0 aliphatic heterocycles.